The highest BCUT2D eigenvalue weighted by atomic mass is 35.5. The zero-order valence-electron chi connectivity index (χ0n) is 16.5. The average molecular weight is 353 g/mol. The summed E-state index contributed by atoms with van der Waals surface area (Å²) in [6, 6.07) is 6.20. The lowest BCUT2D eigenvalue weighted by Gasteiger charge is -2.30. The van der Waals surface area contributed by atoms with E-state index in [-0.39, 0.29) is 16.8 Å². The second kappa shape index (κ2) is 7.47. The summed E-state index contributed by atoms with van der Waals surface area (Å²) < 4.78 is 5.72. The summed E-state index contributed by atoms with van der Waals surface area (Å²) >= 11 is 6.27. The summed E-state index contributed by atoms with van der Waals surface area (Å²) in [6.07, 6.45) is 2.54. The van der Waals surface area contributed by atoms with Crippen molar-refractivity contribution >= 4 is 17.6 Å². The number of alkyl halides is 1. The number of ether oxygens (including phenoxy) is 1. The summed E-state index contributed by atoms with van der Waals surface area (Å²) in [5.41, 5.74) is 2.35. The van der Waals surface area contributed by atoms with E-state index in [4.69, 9.17) is 16.3 Å². The van der Waals surface area contributed by atoms with Crippen molar-refractivity contribution in [3.63, 3.8) is 0 Å². The molecule has 0 aliphatic carbocycles. The third kappa shape index (κ3) is 4.53. The van der Waals surface area contributed by atoms with Gasteiger partial charge in [-0.25, -0.2) is 4.79 Å². The molecule has 1 aromatic rings. The topological polar surface area (TPSA) is 26.3 Å². The van der Waals surface area contributed by atoms with Crippen molar-refractivity contribution in [2.75, 3.05) is 0 Å². The molecule has 0 radical (unpaired) electrons. The van der Waals surface area contributed by atoms with Gasteiger partial charge in [0.15, 0.2) is 0 Å². The Balaban J connectivity index is 3.38. The second-order valence-electron chi connectivity index (χ2n) is 8.13. The highest BCUT2D eigenvalue weighted by Crippen LogP contribution is 2.39. The molecule has 0 aliphatic rings. The van der Waals surface area contributed by atoms with Gasteiger partial charge in [-0.05, 0) is 48.6 Å². The van der Waals surface area contributed by atoms with Crippen molar-refractivity contribution in [3.05, 3.63) is 29.3 Å². The maximum absolute atomic E-state index is 12.4. The quantitative estimate of drug-likeness (QED) is 0.323. The minimum absolute atomic E-state index is 0.0790. The van der Waals surface area contributed by atoms with Crippen LogP contribution in [0.15, 0.2) is 18.2 Å². The van der Waals surface area contributed by atoms with E-state index in [0.717, 1.165) is 18.4 Å². The van der Waals surface area contributed by atoms with Crippen LogP contribution in [0.25, 0.3) is 0 Å². The van der Waals surface area contributed by atoms with Gasteiger partial charge >= 0.3 is 5.97 Å². The molecule has 0 aromatic heterocycles. The van der Waals surface area contributed by atoms with Gasteiger partial charge in [-0.2, -0.15) is 0 Å². The number of rotatable bonds is 7. The number of hydrogen-bond donors (Lipinski definition) is 0. The molecule has 0 saturated heterocycles. The standard InChI is InChI=1S/C21H33ClO2/c1-9-19(4,5)15-12-13-17(16(14-15)20(6,7)10-2)24-18(23)21(8,22)11-3/h12-14H,9-11H2,1-8H3. The molecule has 136 valence electrons. The molecule has 24 heavy (non-hydrogen) atoms. The van der Waals surface area contributed by atoms with Crippen LogP contribution in [0.4, 0.5) is 0 Å². The van der Waals surface area contributed by atoms with E-state index in [1.807, 2.05) is 13.0 Å². The van der Waals surface area contributed by atoms with Crippen LogP contribution < -0.4 is 4.74 Å². The Morgan fingerprint density at radius 1 is 0.958 bits per heavy atom. The SMILES string of the molecule is CCC(C)(Cl)C(=O)Oc1ccc(C(C)(C)CC)cc1C(C)(C)CC. The van der Waals surface area contributed by atoms with Crippen LogP contribution in [0.5, 0.6) is 5.75 Å². The van der Waals surface area contributed by atoms with Crippen LogP contribution in [-0.2, 0) is 15.6 Å². The lowest BCUT2D eigenvalue weighted by Crippen LogP contribution is -2.33. The van der Waals surface area contributed by atoms with E-state index in [1.54, 1.807) is 6.92 Å². The third-order valence-electron chi connectivity index (χ3n) is 5.55. The zero-order valence-corrected chi connectivity index (χ0v) is 17.3. The fourth-order valence-corrected chi connectivity index (χ4v) is 2.35. The first-order valence-electron chi connectivity index (χ1n) is 8.97. The fourth-order valence-electron chi connectivity index (χ4n) is 2.31. The highest BCUT2D eigenvalue weighted by molar-refractivity contribution is 6.33. The number of carbonyl (C=O) groups is 1. The highest BCUT2D eigenvalue weighted by Gasteiger charge is 2.33. The van der Waals surface area contributed by atoms with Crippen molar-refractivity contribution in [1.29, 1.82) is 0 Å². The van der Waals surface area contributed by atoms with Gasteiger partial charge in [-0.3, -0.25) is 0 Å². The van der Waals surface area contributed by atoms with Gasteiger partial charge < -0.3 is 4.74 Å². The number of carbonyl (C=O) groups excluding carboxylic acids is 1. The Hall–Kier alpha value is -1.02. The predicted octanol–water partition coefficient (Wildman–Crippen LogP) is 6.37. The number of benzene rings is 1. The lowest BCUT2D eigenvalue weighted by atomic mass is 9.76. The molecule has 0 fully saturated rings. The van der Waals surface area contributed by atoms with Gasteiger partial charge in [0, 0.05) is 5.56 Å². The van der Waals surface area contributed by atoms with Gasteiger partial charge in [0.25, 0.3) is 0 Å². The molecule has 0 N–H and O–H groups in total. The molecule has 0 bridgehead atoms. The van der Waals surface area contributed by atoms with E-state index in [0.29, 0.717) is 12.2 Å². The minimum atomic E-state index is -0.991. The largest absolute Gasteiger partial charge is 0.425 e. The molecule has 1 atom stereocenters. The minimum Gasteiger partial charge on any atom is -0.425 e. The molecular formula is C21H33ClO2. The second-order valence-corrected chi connectivity index (χ2v) is 8.96. The fraction of sp³-hybridized carbons (Fsp3) is 0.667. The summed E-state index contributed by atoms with van der Waals surface area (Å²) in [7, 11) is 0. The van der Waals surface area contributed by atoms with Crippen LogP contribution in [-0.4, -0.2) is 10.8 Å². The van der Waals surface area contributed by atoms with Gasteiger partial charge in [-0.1, -0.05) is 60.6 Å². The van der Waals surface area contributed by atoms with E-state index < -0.39 is 4.87 Å². The number of hydrogen-bond acceptors (Lipinski definition) is 2. The van der Waals surface area contributed by atoms with E-state index in [9.17, 15) is 4.79 Å². The molecule has 0 saturated carbocycles. The van der Waals surface area contributed by atoms with Crippen molar-refractivity contribution < 1.29 is 9.53 Å². The van der Waals surface area contributed by atoms with Crippen LogP contribution in [0.3, 0.4) is 0 Å². The van der Waals surface area contributed by atoms with Gasteiger partial charge in [0.1, 0.15) is 10.6 Å². The Morgan fingerprint density at radius 3 is 1.96 bits per heavy atom. The maximum Gasteiger partial charge on any atom is 0.332 e. The van der Waals surface area contributed by atoms with Crippen LogP contribution in [0.2, 0.25) is 0 Å². The van der Waals surface area contributed by atoms with Crippen molar-refractivity contribution in [2.45, 2.75) is 90.4 Å². The smallest absolute Gasteiger partial charge is 0.332 e. The molecule has 1 unspecified atom stereocenters. The van der Waals surface area contributed by atoms with Crippen LogP contribution in [0.1, 0.15) is 85.8 Å². The van der Waals surface area contributed by atoms with Gasteiger partial charge in [0.2, 0.25) is 0 Å². The third-order valence-corrected chi connectivity index (χ3v) is 5.97. The monoisotopic (exact) mass is 352 g/mol. The van der Waals surface area contributed by atoms with E-state index in [1.165, 1.54) is 5.56 Å². The molecular weight excluding hydrogens is 320 g/mol. The molecule has 0 heterocycles. The molecule has 3 heteroatoms. The molecule has 0 spiro atoms. The average Bonchev–Trinajstić information content (AvgIpc) is 2.54. The zero-order chi connectivity index (χ0) is 18.8. The first kappa shape index (κ1) is 21.0. The Labute approximate surface area is 152 Å². The normalized spacial score (nSPS) is 15.0. The summed E-state index contributed by atoms with van der Waals surface area (Å²) in [5, 5.41) is 0. The molecule has 1 rings (SSSR count). The van der Waals surface area contributed by atoms with Gasteiger partial charge in [-0.15, -0.1) is 11.6 Å². The molecule has 1 aromatic carbocycles. The van der Waals surface area contributed by atoms with Crippen LogP contribution >= 0.6 is 11.6 Å². The first-order valence-corrected chi connectivity index (χ1v) is 9.35. The van der Waals surface area contributed by atoms with E-state index in [2.05, 4.69) is 53.7 Å². The summed E-state index contributed by atoms with van der Waals surface area (Å²) in [5.74, 6) is 0.241. The van der Waals surface area contributed by atoms with Crippen LogP contribution in [0, 0.1) is 0 Å². The predicted molar refractivity (Wildman–Crippen MR) is 103 cm³/mol. The summed E-state index contributed by atoms with van der Waals surface area (Å²) in [6.45, 7) is 16.8. The van der Waals surface area contributed by atoms with Crippen molar-refractivity contribution in [1.82, 2.24) is 0 Å². The Bertz CT molecular complexity index is 586. The summed E-state index contributed by atoms with van der Waals surface area (Å²) in [4.78, 5) is 11.4. The number of halogens is 1. The Morgan fingerprint density at radius 2 is 1.50 bits per heavy atom. The van der Waals surface area contributed by atoms with E-state index >= 15 is 0 Å². The van der Waals surface area contributed by atoms with Crippen molar-refractivity contribution in [3.8, 4) is 5.75 Å². The first-order chi connectivity index (χ1) is 10.9. The molecule has 2 nitrogen and oxygen atoms in total. The Kier molecular flexibility index (Phi) is 6.55. The maximum atomic E-state index is 12.4. The van der Waals surface area contributed by atoms with Gasteiger partial charge in [0.05, 0.1) is 0 Å². The molecule has 0 amide bonds. The molecule has 0 aliphatic heterocycles. The number of esters is 1. The lowest BCUT2D eigenvalue weighted by molar-refractivity contribution is -0.137. The van der Waals surface area contributed by atoms with Crippen molar-refractivity contribution in [2.24, 2.45) is 0 Å².